The molecule has 98 valence electrons. The van der Waals surface area contributed by atoms with Crippen molar-refractivity contribution < 1.29 is 19.3 Å². The van der Waals surface area contributed by atoms with Crippen LogP contribution in [0, 0.1) is 17.8 Å². The SMILES string of the molecule is OCCOCCOCCOCC1CC2C=CC21. The summed E-state index contributed by atoms with van der Waals surface area (Å²) in [5.74, 6) is 2.42. The molecule has 17 heavy (non-hydrogen) atoms. The van der Waals surface area contributed by atoms with Crippen LogP contribution in [-0.4, -0.2) is 51.4 Å². The summed E-state index contributed by atoms with van der Waals surface area (Å²) in [5.41, 5.74) is 0. The summed E-state index contributed by atoms with van der Waals surface area (Å²) in [6, 6.07) is 0. The number of allylic oxidation sites excluding steroid dienone is 2. The Morgan fingerprint density at radius 3 is 2.18 bits per heavy atom. The molecule has 4 nitrogen and oxygen atoms in total. The molecule has 1 fully saturated rings. The molecule has 0 aromatic heterocycles. The van der Waals surface area contributed by atoms with E-state index in [9.17, 15) is 0 Å². The van der Waals surface area contributed by atoms with Crippen molar-refractivity contribution in [1.29, 1.82) is 0 Å². The van der Waals surface area contributed by atoms with Crippen LogP contribution in [0.4, 0.5) is 0 Å². The van der Waals surface area contributed by atoms with Crippen LogP contribution in [0.5, 0.6) is 0 Å². The highest BCUT2D eigenvalue weighted by atomic mass is 16.5. The van der Waals surface area contributed by atoms with E-state index in [4.69, 9.17) is 19.3 Å². The summed E-state index contributed by atoms with van der Waals surface area (Å²) in [7, 11) is 0. The number of rotatable bonds is 10. The topological polar surface area (TPSA) is 47.9 Å². The van der Waals surface area contributed by atoms with E-state index in [0.717, 1.165) is 24.4 Å². The smallest absolute Gasteiger partial charge is 0.0701 e. The maximum atomic E-state index is 8.47. The number of aliphatic hydroxyl groups excluding tert-OH is 1. The van der Waals surface area contributed by atoms with Crippen LogP contribution in [0.15, 0.2) is 12.2 Å². The van der Waals surface area contributed by atoms with Gasteiger partial charge in [-0.05, 0) is 24.2 Å². The molecule has 4 heteroatoms. The minimum absolute atomic E-state index is 0.0705. The first kappa shape index (κ1) is 13.0. The molecule has 0 saturated heterocycles. The van der Waals surface area contributed by atoms with Gasteiger partial charge < -0.3 is 19.3 Å². The number of fused-ring (bicyclic) bond motifs is 1. The van der Waals surface area contributed by atoms with Crippen molar-refractivity contribution in [1.82, 2.24) is 0 Å². The zero-order chi connectivity index (χ0) is 11.9. The molecule has 3 unspecified atom stereocenters. The lowest BCUT2D eigenvalue weighted by Gasteiger charge is -2.47. The van der Waals surface area contributed by atoms with Gasteiger partial charge in [-0.2, -0.15) is 0 Å². The van der Waals surface area contributed by atoms with Crippen LogP contribution < -0.4 is 0 Å². The molecule has 0 bridgehead atoms. The lowest BCUT2D eigenvalue weighted by molar-refractivity contribution is -0.0224. The van der Waals surface area contributed by atoms with E-state index < -0.39 is 0 Å². The largest absolute Gasteiger partial charge is 0.394 e. The first-order valence-corrected chi connectivity index (χ1v) is 6.44. The van der Waals surface area contributed by atoms with Gasteiger partial charge in [-0.3, -0.25) is 0 Å². The minimum Gasteiger partial charge on any atom is -0.394 e. The number of hydrogen-bond acceptors (Lipinski definition) is 4. The molecule has 0 radical (unpaired) electrons. The van der Waals surface area contributed by atoms with E-state index in [1.54, 1.807) is 0 Å². The van der Waals surface area contributed by atoms with Crippen LogP contribution >= 0.6 is 0 Å². The third-order valence-corrected chi connectivity index (χ3v) is 3.51. The summed E-state index contributed by atoms with van der Waals surface area (Å²) < 4.78 is 16.0. The molecule has 2 aliphatic carbocycles. The quantitative estimate of drug-likeness (QED) is 0.456. The molecule has 2 aliphatic rings. The van der Waals surface area contributed by atoms with Crippen LogP contribution in [-0.2, 0) is 14.2 Å². The average Bonchev–Trinajstić information content (AvgIpc) is 2.32. The van der Waals surface area contributed by atoms with Gasteiger partial charge >= 0.3 is 0 Å². The molecule has 0 aromatic rings. The van der Waals surface area contributed by atoms with Gasteiger partial charge in [0.1, 0.15) is 0 Å². The molecular formula is C13H22O4. The fraction of sp³-hybridized carbons (Fsp3) is 0.846. The van der Waals surface area contributed by atoms with Crippen molar-refractivity contribution in [3.63, 3.8) is 0 Å². The minimum atomic E-state index is 0.0705. The second kappa shape index (κ2) is 7.11. The Kier molecular flexibility index (Phi) is 5.45. The first-order valence-electron chi connectivity index (χ1n) is 6.44. The van der Waals surface area contributed by atoms with Gasteiger partial charge in [-0.15, -0.1) is 0 Å². The molecule has 1 saturated carbocycles. The monoisotopic (exact) mass is 242 g/mol. The van der Waals surface area contributed by atoms with Crippen molar-refractivity contribution >= 4 is 0 Å². The second-order valence-electron chi connectivity index (χ2n) is 4.65. The highest BCUT2D eigenvalue weighted by Crippen LogP contribution is 2.48. The second-order valence-corrected chi connectivity index (χ2v) is 4.65. The highest BCUT2D eigenvalue weighted by Gasteiger charge is 2.42. The molecule has 0 aromatic carbocycles. The molecular weight excluding hydrogens is 220 g/mol. The number of ether oxygens (including phenoxy) is 3. The lowest BCUT2D eigenvalue weighted by Crippen LogP contribution is -2.42. The fourth-order valence-electron chi connectivity index (χ4n) is 2.37. The van der Waals surface area contributed by atoms with Crippen LogP contribution in [0.2, 0.25) is 0 Å². The average molecular weight is 242 g/mol. The molecule has 3 atom stereocenters. The molecule has 0 aliphatic heterocycles. The van der Waals surface area contributed by atoms with E-state index in [2.05, 4.69) is 12.2 Å². The van der Waals surface area contributed by atoms with Gasteiger partial charge in [0.05, 0.1) is 46.2 Å². The van der Waals surface area contributed by atoms with Crippen molar-refractivity contribution in [2.45, 2.75) is 6.42 Å². The van der Waals surface area contributed by atoms with Crippen molar-refractivity contribution in [3.8, 4) is 0 Å². The molecule has 0 amide bonds. The van der Waals surface area contributed by atoms with E-state index in [1.807, 2.05) is 0 Å². The Bertz CT molecular complexity index is 242. The third-order valence-electron chi connectivity index (χ3n) is 3.51. The van der Waals surface area contributed by atoms with Gasteiger partial charge in [0, 0.05) is 0 Å². The fourth-order valence-corrected chi connectivity index (χ4v) is 2.37. The lowest BCUT2D eigenvalue weighted by atomic mass is 9.59. The Morgan fingerprint density at radius 1 is 0.941 bits per heavy atom. The Hall–Kier alpha value is -0.420. The predicted molar refractivity (Wildman–Crippen MR) is 63.8 cm³/mol. The number of aliphatic hydroxyl groups is 1. The summed E-state index contributed by atoms with van der Waals surface area (Å²) in [5, 5.41) is 8.47. The van der Waals surface area contributed by atoms with Crippen LogP contribution in [0.25, 0.3) is 0 Å². The molecule has 1 N–H and O–H groups in total. The van der Waals surface area contributed by atoms with Crippen molar-refractivity contribution in [2.24, 2.45) is 17.8 Å². The van der Waals surface area contributed by atoms with Gasteiger partial charge in [-0.1, -0.05) is 12.2 Å². The maximum Gasteiger partial charge on any atom is 0.0701 e. The predicted octanol–water partition coefficient (Wildman–Crippen LogP) is 0.851. The van der Waals surface area contributed by atoms with Crippen molar-refractivity contribution in [2.75, 3.05) is 46.2 Å². The van der Waals surface area contributed by atoms with Gasteiger partial charge in [0.25, 0.3) is 0 Å². The Labute approximate surface area is 103 Å². The van der Waals surface area contributed by atoms with Crippen molar-refractivity contribution in [3.05, 3.63) is 12.2 Å². The summed E-state index contributed by atoms with van der Waals surface area (Å²) >= 11 is 0. The number of hydrogen-bond donors (Lipinski definition) is 1. The van der Waals surface area contributed by atoms with Gasteiger partial charge in [-0.25, -0.2) is 0 Å². The summed E-state index contributed by atoms with van der Waals surface area (Å²) in [6.45, 7) is 3.73. The Morgan fingerprint density at radius 2 is 1.65 bits per heavy atom. The van der Waals surface area contributed by atoms with Gasteiger partial charge in [0.2, 0.25) is 0 Å². The van der Waals surface area contributed by atoms with E-state index in [1.165, 1.54) is 6.42 Å². The summed E-state index contributed by atoms with van der Waals surface area (Å²) in [6.07, 6.45) is 5.91. The van der Waals surface area contributed by atoms with Crippen LogP contribution in [0.1, 0.15) is 6.42 Å². The zero-order valence-electron chi connectivity index (χ0n) is 10.2. The summed E-state index contributed by atoms with van der Waals surface area (Å²) in [4.78, 5) is 0. The van der Waals surface area contributed by atoms with Crippen LogP contribution in [0.3, 0.4) is 0 Å². The maximum absolute atomic E-state index is 8.47. The third kappa shape index (κ3) is 3.78. The Balaban J connectivity index is 1.31. The van der Waals surface area contributed by atoms with E-state index >= 15 is 0 Å². The normalized spacial score (nSPS) is 29.6. The highest BCUT2D eigenvalue weighted by molar-refractivity contribution is 5.17. The molecule has 2 rings (SSSR count). The molecule has 0 heterocycles. The van der Waals surface area contributed by atoms with E-state index in [-0.39, 0.29) is 6.61 Å². The zero-order valence-corrected chi connectivity index (χ0v) is 10.2. The van der Waals surface area contributed by atoms with Gasteiger partial charge in [0.15, 0.2) is 0 Å². The molecule has 0 spiro atoms. The standard InChI is InChI=1S/C13H22O4/c14-3-4-15-5-6-16-7-8-17-10-12-9-11-1-2-13(11)12/h1-2,11-14H,3-10H2. The first-order chi connectivity index (χ1) is 8.42. The van der Waals surface area contributed by atoms with E-state index in [0.29, 0.717) is 33.0 Å².